The third-order valence-electron chi connectivity index (χ3n) is 6.79. The summed E-state index contributed by atoms with van der Waals surface area (Å²) in [6.07, 6.45) is 10.9. The van der Waals surface area contributed by atoms with Gasteiger partial charge in [0.15, 0.2) is 6.29 Å². The molecule has 1 rings (SSSR count). The van der Waals surface area contributed by atoms with Crippen LogP contribution in [0, 0.1) is 0 Å². The van der Waals surface area contributed by atoms with Crippen LogP contribution in [0.2, 0.25) is 0 Å². The first-order chi connectivity index (χ1) is 17.4. The summed E-state index contributed by atoms with van der Waals surface area (Å²) in [5.74, 6) is -0.388. The van der Waals surface area contributed by atoms with Crippen molar-refractivity contribution in [2.75, 3.05) is 19.8 Å². The smallest absolute Gasteiger partial charge is 0.305 e. The van der Waals surface area contributed by atoms with Crippen molar-refractivity contribution in [3.8, 4) is 0 Å². The van der Waals surface area contributed by atoms with Crippen LogP contribution in [-0.2, 0) is 19.0 Å². The van der Waals surface area contributed by atoms with Crippen LogP contribution < -0.4 is 0 Å². The van der Waals surface area contributed by atoms with Crippen molar-refractivity contribution in [3.63, 3.8) is 0 Å². The van der Waals surface area contributed by atoms with Gasteiger partial charge in [-0.1, -0.05) is 96.8 Å². The molecule has 36 heavy (non-hydrogen) atoms. The number of unbranched alkanes of at least 4 members (excludes halogenated alkanes) is 14. The molecule has 0 aliphatic carbocycles. The van der Waals surface area contributed by atoms with Gasteiger partial charge in [0.25, 0.3) is 0 Å². The zero-order chi connectivity index (χ0) is 26.6. The lowest BCUT2D eigenvalue weighted by atomic mass is 9.99. The van der Waals surface area contributed by atoms with Crippen molar-refractivity contribution in [2.45, 2.75) is 146 Å². The van der Waals surface area contributed by atoms with E-state index in [0.29, 0.717) is 0 Å². The van der Waals surface area contributed by atoms with Gasteiger partial charge in [-0.25, -0.2) is 0 Å². The standard InChI is InChI=1S/C27H52O9/c1-2-3-4-5-6-7-8-9-10-11-12-13-14-15-16-17-23(30)34-20-21(18-28)35-27-26(33)25(32)24(31)22(19-29)36-27/h21-22,24-29,31-33H,2-20H2,1H3/t21-,22+,24+,25-,26+,27+/m0/s1. The summed E-state index contributed by atoms with van der Waals surface area (Å²) in [6, 6.07) is 0. The molecule has 0 amide bonds. The monoisotopic (exact) mass is 520 g/mol. The summed E-state index contributed by atoms with van der Waals surface area (Å²) >= 11 is 0. The van der Waals surface area contributed by atoms with Gasteiger partial charge in [0.2, 0.25) is 0 Å². The van der Waals surface area contributed by atoms with Gasteiger partial charge >= 0.3 is 5.97 Å². The third kappa shape index (κ3) is 14.2. The molecule has 0 aromatic carbocycles. The quantitative estimate of drug-likeness (QED) is 0.107. The highest BCUT2D eigenvalue weighted by Gasteiger charge is 2.44. The number of aliphatic hydroxyl groups excluding tert-OH is 5. The number of ether oxygens (including phenoxy) is 3. The summed E-state index contributed by atoms with van der Waals surface area (Å²) in [6.45, 7) is 0.938. The van der Waals surface area contributed by atoms with Crippen LogP contribution in [0.4, 0.5) is 0 Å². The van der Waals surface area contributed by atoms with Gasteiger partial charge in [0.1, 0.15) is 37.1 Å². The third-order valence-corrected chi connectivity index (χ3v) is 6.79. The predicted octanol–water partition coefficient (Wildman–Crippen LogP) is 2.97. The Kier molecular flexibility index (Phi) is 19.5. The largest absolute Gasteiger partial charge is 0.463 e. The van der Waals surface area contributed by atoms with Crippen molar-refractivity contribution >= 4 is 5.97 Å². The van der Waals surface area contributed by atoms with Gasteiger partial charge in [0.05, 0.1) is 13.2 Å². The second-order valence-electron chi connectivity index (χ2n) is 10.0. The van der Waals surface area contributed by atoms with E-state index in [4.69, 9.17) is 14.2 Å². The summed E-state index contributed by atoms with van der Waals surface area (Å²) in [5.41, 5.74) is 0. The lowest BCUT2D eigenvalue weighted by Gasteiger charge is -2.40. The van der Waals surface area contributed by atoms with E-state index in [1.54, 1.807) is 0 Å². The van der Waals surface area contributed by atoms with Crippen molar-refractivity contribution in [1.82, 2.24) is 0 Å². The Morgan fingerprint density at radius 1 is 0.750 bits per heavy atom. The molecule has 0 aromatic heterocycles. The lowest BCUT2D eigenvalue weighted by Crippen LogP contribution is -2.60. The molecule has 9 nitrogen and oxygen atoms in total. The maximum absolute atomic E-state index is 12.0. The molecule has 6 atom stereocenters. The Morgan fingerprint density at radius 3 is 1.72 bits per heavy atom. The number of carbonyl (C=O) groups is 1. The molecule has 0 radical (unpaired) electrons. The molecule has 1 fully saturated rings. The molecule has 1 aliphatic rings. The van der Waals surface area contributed by atoms with Crippen LogP contribution in [0.3, 0.4) is 0 Å². The minimum atomic E-state index is -1.58. The van der Waals surface area contributed by atoms with Crippen molar-refractivity contribution in [3.05, 3.63) is 0 Å². The number of hydrogen-bond acceptors (Lipinski definition) is 9. The molecule has 1 heterocycles. The van der Waals surface area contributed by atoms with E-state index < -0.39 is 50.0 Å². The maximum Gasteiger partial charge on any atom is 0.305 e. The Labute approximate surface area is 217 Å². The lowest BCUT2D eigenvalue weighted by molar-refractivity contribution is -0.315. The number of carbonyl (C=O) groups excluding carboxylic acids is 1. The molecule has 0 aromatic rings. The zero-order valence-electron chi connectivity index (χ0n) is 22.3. The Bertz CT molecular complexity index is 531. The minimum Gasteiger partial charge on any atom is -0.463 e. The second kappa shape index (κ2) is 21.2. The first kappa shape index (κ1) is 33.2. The fraction of sp³-hybridized carbons (Fsp3) is 0.963. The molecule has 0 saturated carbocycles. The molecular formula is C27H52O9. The average molecular weight is 521 g/mol. The maximum atomic E-state index is 12.0. The Morgan fingerprint density at radius 2 is 1.25 bits per heavy atom. The number of esters is 1. The van der Waals surface area contributed by atoms with Crippen molar-refractivity contribution in [2.24, 2.45) is 0 Å². The van der Waals surface area contributed by atoms with E-state index in [2.05, 4.69) is 6.92 Å². The summed E-state index contributed by atoms with van der Waals surface area (Å²) in [4.78, 5) is 12.0. The Hall–Kier alpha value is -0.810. The number of rotatable bonds is 22. The second-order valence-corrected chi connectivity index (χ2v) is 10.0. The molecule has 214 valence electrons. The highest BCUT2D eigenvalue weighted by molar-refractivity contribution is 5.69. The van der Waals surface area contributed by atoms with E-state index in [0.717, 1.165) is 19.3 Å². The summed E-state index contributed by atoms with van der Waals surface area (Å²) in [7, 11) is 0. The van der Waals surface area contributed by atoms with Crippen molar-refractivity contribution < 1.29 is 44.5 Å². The fourth-order valence-corrected chi connectivity index (χ4v) is 4.40. The SMILES string of the molecule is CCCCCCCCCCCCCCCCCC(=O)OC[C@H](CO)O[C@@H]1O[C@H](CO)[C@@H](O)[C@H](O)[C@H]1O. The van der Waals surface area contributed by atoms with E-state index in [9.17, 15) is 30.3 Å². The van der Waals surface area contributed by atoms with E-state index in [1.807, 2.05) is 0 Å². The van der Waals surface area contributed by atoms with Gasteiger partial charge < -0.3 is 39.7 Å². The predicted molar refractivity (Wildman–Crippen MR) is 136 cm³/mol. The van der Waals surface area contributed by atoms with Crippen molar-refractivity contribution in [1.29, 1.82) is 0 Å². The van der Waals surface area contributed by atoms with Gasteiger partial charge in [-0.15, -0.1) is 0 Å². The zero-order valence-corrected chi connectivity index (χ0v) is 22.3. The van der Waals surface area contributed by atoms with Crippen LogP contribution >= 0.6 is 0 Å². The highest BCUT2D eigenvalue weighted by Crippen LogP contribution is 2.23. The molecular weight excluding hydrogens is 468 g/mol. The normalized spacial score (nSPS) is 25.1. The highest BCUT2D eigenvalue weighted by atomic mass is 16.7. The average Bonchev–Trinajstić information content (AvgIpc) is 2.88. The van der Waals surface area contributed by atoms with Gasteiger partial charge in [0, 0.05) is 6.42 Å². The molecule has 0 spiro atoms. The number of aliphatic hydroxyl groups is 5. The molecule has 1 aliphatic heterocycles. The summed E-state index contributed by atoms with van der Waals surface area (Å²) in [5, 5.41) is 48.4. The molecule has 0 unspecified atom stereocenters. The number of hydrogen-bond donors (Lipinski definition) is 5. The molecule has 5 N–H and O–H groups in total. The van der Waals surface area contributed by atoms with E-state index >= 15 is 0 Å². The van der Waals surface area contributed by atoms with E-state index in [1.165, 1.54) is 77.0 Å². The first-order valence-corrected chi connectivity index (χ1v) is 14.2. The van der Waals surface area contributed by atoms with E-state index in [-0.39, 0.29) is 19.0 Å². The fourth-order valence-electron chi connectivity index (χ4n) is 4.40. The van der Waals surface area contributed by atoms with Gasteiger partial charge in [-0.05, 0) is 6.42 Å². The molecule has 0 bridgehead atoms. The topological polar surface area (TPSA) is 146 Å². The molecule has 1 saturated heterocycles. The van der Waals surface area contributed by atoms with Gasteiger partial charge in [-0.3, -0.25) is 4.79 Å². The summed E-state index contributed by atoms with van der Waals surface area (Å²) < 4.78 is 15.8. The van der Waals surface area contributed by atoms with Crippen LogP contribution in [0.15, 0.2) is 0 Å². The van der Waals surface area contributed by atoms with Crippen LogP contribution in [0.25, 0.3) is 0 Å². The first-order valence-electron chi connectivity index (χ1n) is 14.2. The Balaban J connectivity index is 2.02. The van der Waals surface area contributed by atoms with Gasteiger partial charge in [-0.2, -0.15) is 0 Å². The van der Waals surface area contributed by atoms with Crippen LogP contribution in [0.1, 0.15) is 110 Å². The minimum absolute atomic E-state index is 0.233. The van der Waals surface area contributed by atoms with Crippen LogP contribution in [-0.4, -0.2) is 88.1 Å². The molecule has 9 heteroatoms. The van der Waals surface area contributed by atoms with Crippen LogP contribution in [0.5, 0.6) is 0 Å².